The van der Waals surface area contributed by atoms with Crippen molar-refractivity contribution in [2.75, 3.05) is 42.8 Å². The number of carbonyl (C=O) groups is 5. The molecule has 7 rings (SSSR count). The number of nitrogens with zero attached hydrogens (tertiary/aromatic N) is 8. The Balaban J connectivity index is 0.920. The summed E-state index contributed by atoms with van der Waals surface area (Å²) >= 11 is 0. The summed E-state index contributed by atoms with van der Waals surface area (Å²) in [6.45, 7) is 15.3. The van der Waals surface area contributed by atoms with Crippen LogP contribution in [0.3, 0.4) is 0 Å². The second-order valence-corrected chi connectivity index (χ2v) is 17.1. The smallest absolute Gasteiger partial charge is 0.295 e. The second kappa shape index (κ2) is 19.1. The number of ether oxygens (including phenoxy) is 2. The van der Waals surface area contributed by atoms with E-state index in [4.69, 9.17) is 9.47 Å². The van der Waals surface area contributed by atoms with Crippen LogP contribution in [-0.4, -0.2) is 96.4 Å². The van der Waals surface area contributed by atoms with Crippen LogP contribution in [0.15, 0.2) is 84.4 Å². The van der Waals surface area contributed by atoms with Crippen LogP contribution >= 0.6 is 0 Å². The van der Waals surface area contributed by atoms with E-state index in [0.717, 1.165) is 35.8 Å². The Morgan fingerprint density at radius 2 is 1.58 bits per heavy atom. The summed E-state index contributed by atoms with van der Waals surface area (Å²) in [6, 6.07) is 12.4. The molecule has 1 aliphatic heterocycles. The Labute approximate surface area is 382 Å². The van der Waals surface area contributed by atoms with Crippen LogP contribution < -0.4 is 25.4 Å². The molecule has 0 bridgehead atoms. The van der Waals surface area contributed by atoms with Gasteiger partial charge in [0.1, 0.15) is 11.4 Å². The zero-order chi connectivity index (χ0) is 47.4. The molecule has 0 saturated carbocycles. The maximum absolute atomic E-state index is 13.8. The third kappa shape index (κ3) is 9.81. The number of fused-ring (bicyclic) bond motifs is 1. The van der Waals surface area contributed by atoms with Gasteiger partial charge in [0, 0.05) is 70.7 Å². The van der Waals surface area contributed by atoms with Crippen molar-refractivity contribution >= 4 is 70.0 Å². The molecule has 3 N–H and O–H groups in total. The number of aromatic nitrogens is 6. The van der Waals surface area contributed by atoms with Gasteiger partial charge in [-0.25, -0.2) is 4.98 Å². The van der Waals surface area contributed by atoms with E-state index < -0.39 is 11.8 Å². The number of amides is 4. The van der Waals surface area contributed by atoms with E-state index in [9.17, 15) is 24.0 Å². The van der Waals surface area contributed by atoms with E-state index in [1.165, 1.54) is 28.6 Å². The van der Waals surface area contributed by atoms with E-state index in [-0.39, 0.29) is 53.5 Å². The molecule has 6 aromatic rings. The van der Waals surface area contributed by atoms with E-state index in [1.54, 1.807) is 72.0 Å². The van der Waals surface area contributed by atoms with E-state index in [0.29, 0.717) is 64.8 Å². The van der Waals surface area contributed by atoms with Crippen LogP contribution in [-0.2, 0) is 31.4 Å². The Kier molecular flexibility index (Phi) is 13.4. The largest absolute Gasteiger partial charge is 0.493 e. The third-order valence-corrected chi connectivity index (χ3v) is 11.7. The van der Waals surface area contributed by atoms with Crippen molar-refractivity contribution in [1.29, 1.82) is 0 Å². The van der Waals surface area contributed by atoms with Crippen molar-refractivity contribution in [3.63, 3.8) is 0 Å². The summed E-state index contributed by atoms with van der Waals surface area (Å²) in [6.07, 6.45) is 9.61. The van der Waals surface area contributed by atoms with Gasteiger partial charge in [0.25, 0.3) is 23.6 Å². The van der Waals surface area contributed by atoms with Crippen molar-refractivity contribution in [3.8, 4) is 11.5 Å². The van der Waals surface area contributed by atoms with Crippen molar-refractivity contribution in [1.82, 2.24) is 33.4 Å². The first kappa shape index (κ1) is 46.2. The number of nitrogens with one attached hydrogen (secondary N) is 3. The molecule has 344 valence electrons. The molecule has 18 nitrogen and oxygen atoms in total. The highest BCUT2D eigenvalue weighted by Crippen LogP contribution is 2.37. The normalized spacial score (nSPS) is 12.7. The van der Waals surface area contributed by atoms with Gasteiger partial charge in [-0.2, -0.15) is 9.78 Å². The fourth-order valence-electron chi connectivity index (χ4n) is 8.11. The number of carbonyl (C=O) groups excluding carboxylic acids is 5. The first-order chi connectivity index (χ1) is 31.5. The Bertz CT molecular complexity index is 2890. The molecule has 5 heterocycles. The van der Waals surface area contributed by atoms with Gasteiger partial charge in [0.05, 0.1) is 48.1 Å². The van der Waals surface area contributed by atoms with Gasteiger partial charge in [-0.1, -0.05) is 51.5 Å². The predicted molar refractivity (Wildman–Crippen MR) is 253 cm³/mol. The summed E-state index contributed by atoms with van der Waals surface area (Å²) in [4.78, 5) is 76.8. The molecule has 1 saturated heterocycles. The topological polar surface area (TPSA) is 201 Å². The SMILES string of the molecule is C=Nc1cc(OCCCC(=O)Nc2cn(C)c(C(=O)Nc3cc(C(=O)Nc4cc(C(=O)n5ncc6ccc(C(C)(C)CCC)cc65)n(C)c4)n(C)c3)n2)c(OC)cc1C(=O)N1CCC(=C)C1. The lowest BCUT2D eigenvalue weighted by atomic mass is 9.80. The molecule has 0 radical (unpaired) electrons. The number of hydrogen-bond donors (Lipinski definition) is 3. The molecular weight excluding hydrogens is 843 g/mol. The van der Waals surface area contributed by atoms with Crippen LogP contribution in [0.2, 0.25) is 0 Å². The van der Waals surface area contributed by atoms with Gasteiger partial charge >= 0.3 is 0 Å². The van der Waals surface area contributed by atoms with Crippen LogP contribution in [0, 0.1) is 0 Å². The average molecular weight is 898 g/mol. The van der Waals surface area contributed by atoms with Crippen LogP contribution in [0.25, 0.3) is 10.9 Å². The lowest BCUT2D eigenvalue weighted by Gasteiger charge is -2.24. The number of aliphatic imine (C=N–C) groups is 1. The number of likely N-dealkylation sites (tertiary alicyclic amines) is 1. The Morgan fingerprint density at radius 3 is 2.26 bits per heavy atom. The van der Waals surface area contributed by atoms with Gasteiger partial charge in [-0.3, -0.25) is 29.0 Å². The van der Waals surface area contributed by atoms with Crippen molar-refractivity contribution < 1.29 is 33.4 Å². The van der Waals surface area contributed by atoms with Gasteiger partial charge < -0.3 is 44.0 Å². The number of rotatable bonds is 17. The lowest BCUT2D eigenvalue weighted by Crippen LogP contribution is -2.27. The number of methoxy groups -OCH3 is 1. The predicted octanol–water partition coefficient (Wildman–Crippen LogP) is 7.26. The minimum atomic E-state index is -0.566. The highest BCUT2D eigenvalue weighted by Gasteiger charge is 2.27. The Morgan fingerprint density at radius 1 is 0.864 bits per heavy atom. The van der Waals surface area contributed by atoms with Crippen LogP contribution in [0.1, 0.15) is 100 Å². The summed E-state index contributed by atoms with van der Waals surface area (Å²) < 4.78 is 17.5. The molecule has 4 aromatic heterocycles. The van der Waals surface area contributed by atoms with Gasteiger partial charge in [-0.15, -0.1) is 0 Å². The molecule has 0 aliphatic carbocycles. The standard InChI is InChI=1S/C48H55N11O7/c1-10-16-48(3,4)31-14-13-30-24-50-59(36(30)19-31)47(64)38-21-33(27-56(38)7)51-44(61)37-20-32(26-55(37)6)52-45(62)43-54-41(28-57(43)8)53-42(60)12-11-18-66-40-23-35(49-5)34(22-39(40)65-9)46(63)58-17-15-29(2)25-58/h13-14,19-24,26-28H,2,5,10-12,15-18,25H2,1,3-4,6-9H3,(H,51,61)(H,52,62)(H,53,60). The quantitative estimate of drug-likeness (QED) is 0.0479. The first-order valence-electron chi connectivity index (χ1n) is 21.6. The molecule has 0 unspecified atom stereocenters. The highest BCUT2D eigenvalue weighted by atomic mass is 16.5. The van der Waals surface area contributed by atoms with Crippen molar-refractivity contribution in [2.24, 2.45) is 26.1 Å². The summed E-state index contributed by atoms with van der Waals surface area (Å²) in [5.41, 5.74) is 4.76. The molecule has 0 atom stereocenters. The zero-order valence-corrected chi connectivity index (χ0v) is 38.4. The molecule has 0 spiro atoms. The number of imidazole rings is 1. The minimum Gasteiger partial charge on any atom is -0.493 e. The average Bonchev–Trinajstić information content (AvgIpc) is 4.13. The molecular formula is C48H55N11O7. The van der Waals surface area contributed by atoms with Gasteiger partial charge in [0.2, 0.25) is 11.7 Å². The minimum absolute atomic E-state index is 0.0196. The summed E-state index contributed by atoms with van der Waals surface area (Å²) in [5, 5.41) is 13.6. The summed E-state index contributed by atoms with van der Waals surface area (Å²) in [7, 11) is 6.49. The van der Waals surface area contributed by atoms with E-state index in [1.807, 2.05) is 12.1 Å². The van der Waals surface area contributed by atoms with Crippen LogP contribution in [0.5, 0.6) is 11.5 Å². The Hall–Kier alpha value is -7.76. The monoisotopic (exact) mass is 897 g/mol. The fourth-order valence-corrected chi connectivity index (χ4v) is 8.11. The molecule has 66 heavy (non-hydrogen) atoms. The van der Waals surface area contributed by atoms with E-state index in [2.05, 4.69) is 71.2 Å². The fraction of sp³-hybridized carbons (Fsp3) is 0.333. The molecule has 18 heteroatoms. The number of benzene rings is 2. The van der Waals surface area contributed by atoms with Crippen molar-refractivity contribution in [3.05, 3.63) is 108 Å². The van der Waals surface area contributed by atoms with Crippen LogP contribution in [0.4, 0.5) is 22.9 Å². The molecule has 4 amide bonds. The molecule has 1 aliphatic rings. The zero-order valence-electron chi connectivity index (χ0n) is 38.4. The maximum Gasteiger partial charge on any atom is 0.295 e. The lowest BCUT2D eigenvalue weighted by molar-refractivity contribution is -0.116. The van der Waals surface area contributed by atoms with Crippen molar-refractivity contribution in [2.45, 2.75) is 58.3 Å². The van der Waals surface area contributed by atoms with Gasteiger partial charge in [-0.05, 0) is 61.2 Å². The first-order valence-corrected chi connectivity index (χ1v) is 21.6. The summed E-state index contributed by atoms with van der Waals surface area (Å²) in [5.74, 6) is -1.02. The maximum atomic E-state index is 13.8. The number of anilines is 3. The number of hydrogen-bond acceptors (Lipinski definition) is 10. The third-order valence-electron chi connectivity index (χ3n) is 11.7. The highest BCUT2D eigenvalue weighted by molar-refractivity contribution is 6.07. The van der Waals surface area contributed by atoms with E-state index >= 15 is 0 Å². The van der Waals surface area contributed by atoms with Gasteiger partial charge in [0.15, 0.2) is 17.3 Å². The number of aryl methyl sites for hydroxylation is 3. The second-order valence-electron chi connectivity index (χ2n) is 17.1. The molecule has 1 fully saturated rings. The molecule has 2 aromatic carbocycles.